The number of likely N-dealkylation sites (tertiary alicyclic amines) is 2. The monoisotopic (exact) mass is 550 g/mol. The van der Waals surface area contributed by atoms with Crippen molar-refractivity contribution in [2.24, 2.45) is 22.4 Å². The average molecular weight is 551 g/mol. The van der Waals surface area contributed by atoms with Gasteiger partial charge in [-0.2, -0.15) is 9.30 Å². The van der Waals surface area contributed by atoms with Crippen molar-refractivity contribution >= 4 is 33.7 Å². The van der Waals surface area contributed by atoms with Gasteiger partial charge in [-0.3, -0.25) is 14.4 Å². The van der Waals surface area contributed by atoms with Gasteiger partial charge in [0.2, 0.25) is 21.8 Å². The van der Waals surface area contributed by atoms with Gasteiger partial charge in [-0.25, -0.2) is 8.42 Å². The molecule has 2 aliphatic heterocycles. The van der Waals surface area contributed by atoms with E-state index in [-0.39, 0.29) is 31.4 Å². The van der Waals surface area contributed by atoms with E-state index < -0.39 is 39.8 Å². The molecule has 1 aromatic rings. The maximum absolute atomic E-state index is 13.8. The highest BCUT2D eigenvalue weighted by molar-refractivity contribution is 7.88. The van der Waals surface area contributed by atoms with E-state index in [1.165, 1.54) is 16.3 Å². The zero-order valence-electron chi connectivity index (χ0n) is 22.0. The summed E-state index contributed by atoms with van der Waals surface area (Å²) in [6.07, 6.45) is 3.57. The van der Waals surface area contributed by atoms with E-state index in [9.17, 15) is 22.8 Å². The first-order chi connectivity index (χ1) is 18.0. The van der Waals surface area contributed by atoms with Crippen LogP contribution in [-0.4, -0.2) is 104 Å². The van der Waals surface area contributed by atoms with Crippen LogP contribution in [0.4, 0.5) is 0 Å². The molecule has 2 aliphatic rings. The van der Waals surface area contributed by atoms with Gasteiger partial charge < -0.3 is 26.0 Å². The molecule has 2 atom stereocenters. The van der Waals surface area contributed by atoms with Crippen LogP contribution in [0.25, 0.3) is 0 Å². The van der Waals surface area contributed by atoms with Crippen molar-refractivity contribution in [3.05, 3.63) is 35.9 Å². The van der Waals surface area contributed by atoms with Gasteiger partial charge in [0.25, 0.3) is 5.91 Å². The molecular formula is C25H38N6O6S. The van der Waals surface area contributed by atoms with Gasteiger partial charge in [-0.1, -0.05) is 30.3 Å². The Kier molecular flexibility index (Phi) is 10.2. The van der Waals surface area contributed by atoms with Crippen LogP contribution in [0.1, 0.15) is 31.2 Å². The first-order valence-corrected chi connectivity index (χ1v) is 14.6. The Morgan fingerprint density at radius 1 is 1.11 bits per heavy atom. The number of piperidine rings is 1. The third kappa shape index (κ3) is 7.74. The molecule has 13 heteroatoms. The van der Waals surface area contributed by atoms with E-state index >= 15 is 0 Å². The highest BCUT2D eigenvalue weighted by atomic mass is 32.2. The summed E-state index contributed by atoms with van der Waals surface area (Å²) in [5.74, 6) is -1.41. The summed E-state index contributed by atoms with van der Waals surface area (Å²) in [5.41, 5.74) is 12.4. The maximum atomic E-state index is 13.8. The Morgan fingerprint density at radius 2 is 1.76 bits per heavy atom. The van der Waals surface area contributed by atoms with Gasteiger partial charge in [0.15, 0.2) is 5.96 Å². The van der Waals surface area contributed by atoms with Crippen molar-refractivity contribution < 1.29 is 27.5 Å². The van der Waals surface area contributed by atoms with Crippen LogP contribution in [0, 0.1) is 5.92 Å². The number of carbonyl (C=O) groups is 3. The lowest BCUT2D eigenvalue weighted by Gasteiger charge is -2.38. The number of ether oxygens (including phenoxy) is 1. The largest absolute Gasteiger partial charge is 0.375 e. The Hall–Kier alpha value is -3.03. The summed E-state index contributed by atoms with van der Waals surface area (Å²) in [7, 11) is -2.40. The maximum Gasteiger partial charge on any atom is 0.274 e. The number of benzene rings is 1. The SMILES string of the molecule is COCC(=O)N=C(N)N1CCC(CN([C@H](Cc2ccccc2)C(=O)N2CCC[C@H]2C(N)=O)S(C)(=O)=O)CC1. The highest BCUT2D eigenvalue weighted by Crippen LogP contribution is 2.26. The summed E-state index contributed by atoms with van der Waals surface area (Å²) < 4.78 is 32.2. The Morgan fingerprint density at radius 3 is 2.34 bits per heavy atom. The number of methoxy groups -OCH3 is 1. The molecule has 0 unspecified atom stereocenters. The summed E-state index contributed by atoms with van der Waals surface area (Å²) in [4.78, 5) is 44.6. The zero-order valence-corrected chi connectivity index (χ0v) is 22.8. The second-order valence-corrected chi connectivity index (χ2v) is 11.8. The van der Waals surface area contributed by atoms with Gasteiger partial charge >= 0.3 is 0 Å². The molecule has 0 saturated carbocycles. The van der Waals surface area contributed by atoms with Crippen LogP contribution >= 0.6 is 0 Å². The lowest BCUT2D eigenvalue weighted by atomic mass is 9.95. The standard InChI is InChI=1S/C25H38N6O6S/c1-37-17-22(32)28-25(27)29-13-10-19(11-14-29)16-31(38(2,35)36)21(15-18-7-4-3-5-8-18)24(34)30-12-6-9-20(30)23(26)33/h3-5,7-8,19-21H,6,9-17H2,1-2H3,(H2,26,33)(H2,27,28,32)/t20-,21+/m0/s1. The minimum atomic E-state index is -3.80. The van der Waals surface area contributed by atoms with Crippen LogP contribution in [-0.2, 0) is 35.6 Å². The van der Waals surface area contributed by atoms with Gasteiger partial charge in [-0.05, 0) is 43.6 Å². The number of amides is 3. The third-order valence-electron chi connectivity index (χ3n) is 7.08. The number of carbonyl (C=O) groups excluding carboxylic acids is 3. The molecule has 0 bridgehead atoms. The molecule has 38 heavy (non-hydrogen) atoms. The number of nitrogens with zero attached hydrogens (tertiary/aromatic N) is 4. The molecule has 3 amide bonds. The second-order valence-electron chi connectivity index (χ2n) is 9.86. The van der Waals surface area contributed by atoms with Crippen LogP contribution in [0.2, 0.25) is 0 Å². The van der Waals surface area contributed by atoms with Crippen molar-refractivity contribution in [1.82, 2.24) is 14.1 Å². The van der Waals surface area contributed by atoms with Gasteiger partial charge in [0.1, 0.15) is 18.7 Å². The average Bonchev–Trinajstić information content (AvgIpc) is 3.37. The second kappa shape index (κ2) is 13.2. The molecule has 1 aromatic carbocycles. The van der Waals surface area contributed by atoms with Crippen LogP contribution in [0.3, 0.4) is 0 Å². The van der Waals surface area contributed by atoms with Crippen molar-refractivity contribution in [2.75, 3.05) is 46.2 Å². The van der Waals surface area contributed by atoms with Gasteiger partial charge in [-0.15, -0.1) is 0 Å². The number of hydrogen-bond acceptors (Lipinski definition) is 6. The van der Waals surface area contributed by atoms with E-state index in [1.807, 2.05) is 30.3 Å². The summed E-state index contributed by atoms with van der Waals surface area (Å²) in [6.45, 7) is 1.32. The van der Waals surface area contributed by atoms with Crippen molar-refractivity contribution in [1.29, 1.82) is 0 Å². The molecule has 210 valence electrons. The number of aliphatic imine (C=N–C) groups is 1. The van der Waals surface area contributed by atoms with Crippen LogP contribution in [0.5, 0.6) is 0 Å². The van der Waals surface area contributed by atoms with E-state index in [4.69, 9.17) is 16.2 Å². The molecule has 0 aromatic heterocycles. The Bertz CT molecular complexity index is 1120. The molecule has 2 saturated heterocycles. The van der Waals surface area contributed by atoms with E-state index in [0.717, 1.165) is 11.8 Å². The van der Waals surface area contributed by atoms with E-state index in [0.29, 0.717) is 45.3 Å². The number of primary amides is 1. The number of rotatable bonds is 10. The molecule has 0 spiro atoms. The van der Waals surface area contributed by atoms with Crippen molar-refractivity contribution in [3.8, 4) is 0 Å². The summed E-state index contributed by atoms with van der Waals surface area (Å²) >= 11 is 0. The van der Waals surface area contributed by atoms with E-state index in [1.54, 1.807) is 4.90 Å². The predicted molar refractivity (Wildman–Crippen MR) is 142 cm³/mol. The highest BCUT2D eigenvalue weighted by Gasteiger charge is 2.41. The number of sulfonamides is 1. The molecule has 0 radical (unpaired) electrons. The molecule has 2 heterocycles. The first-order valence-electron chi connectivity index (χ1n) is 12.7. The minimum absolute atomic E-state index is 0.0416. The quantitative estimate of drug-likeness (QED) is 0.291. The van der Waals surface area contributed by atoms with Gasteiger partial charge in [0.05, 0.1) is 6.26 Å². The van der Waals surface area contributed by atoms with Crippen molar-refractivity contribution in [2.45, 2.75) is 44.2 Å². The van der Waals surface area contributed by atoms with Crippen LogP contribution in [0.15, 0.2) is 35.3 Å². The lowest BCUT2D eigenvalue weighted by Crippen LogP contribution is -2.56. The summed E-state index contributed by atoms with van der Waals surface area (Å²) in [6, 6.07) is 7.47. The fraction of sp³-hybridized carbons (Fsp3) is 0.600. The van der Waals surface area contributed by atoms with Crippen molar-refractivity contribution in [3.63, 3.8) is 0 Å². The predicted octanol–water partition coefficient (Wildman–Crippen LogP) is -0.465. The van der Waals surface area contributed by atoms with Crippen LogP contribution < -0.4 is 11.5 Å². The fourth-order valence-electron chi connectivity index (χ4n) is 5.11. The minimum Gasteiger partial charge on any atom is -0.375 e. The third-order valence-corrected chi connectivity index (χ3v) is 8.33. The molecule has 12 nitrogen and oxygen atoms in total. The summed E-state index contributed by atoms with van der Waals surface area (Å²) in [5, 5.41) is 0. The Balaban J connectivity index is 1.80. The van der Waals surface area contributed by atoms with E-state index in [2.05, 4.69) is 4.99 Å². The molecular weight excluding hydrogens is 512 g/mol. The lowest BCUT2D eigenvalue weighted by molar-refractivity contribution is -0.140. The molecule has 0 aliphatic carbocycles. The normalized spacial score (nSPS) is 20.1. The fourth-order valence-corrected chi connectivity index (χ4v) is 6.22. The first kappa shape index (κ1) is 29.5. The topological polar surface area (TPSA) is 169 Å². The molecule has 4 N–H and O–H groups in total. The zero-order chi connectivity index (χ0) is 27.9. The number of guanidine groups is 1. The molecule has 3 rings (SSSR count). The number of nitrogens with two attached hydrogens (primary N) is 2. The van der Waals surface area contributed by atoms with Gasteiger partial charge in [0, 0.05) is 33.3 Å². The smallest absolute Gasteiger partial charge is 0.274 e. The molecule has 2 fully saturated rings. The number of hydrogen-bond donors (Lipinski definition) is 2. The Labute approximate surface area is 224 Å².